The minimum atomic E-state index is 0.483. The Hall–Kier alpha value is -0.0400. The molecule has 1 N–H and O–H groups in total. The van der Waals surface area contributed by atoms with Gasteiger partial charge in [-0.2, -0.15) is 0 Å². The lowest BCUT2D eigenvalue weighted by atomic mass is 9.64. The van der Waals surface area contributed by atoms with E-state index in [1.165, 1.54) is 38.6 Å². The first-order valence-electron chi connectivity index (χ1n) is 5.48. The number of nitrogens with one attached hydrogen (secondary N) is 1. The van der Waals surface area contributed by atoms with Crippen molar-refractivity contribution >= 4 is 0 Å². The number of hydrogen-bond donors (Lipinski definition) is 1. The number of piperidine rings is 1. The van der Waals surface area contributed by atoms with E-state index in [4.69, 9.17) is 0 Å². The molecule has 1 heteroatoms. The Labute approximate surface area is 75.9 Å². The lowest BCUT2D eigenvalue weighted by molar-refractivity contribution is 0.0667. The molecular weight excluding hydrogens is 146 g/mol. The molecule has 1 aliphatic carbocycles. The lowest BCUT2D eigenvalue weighted by Gasteiger charge is -2.50. The molecule has 0 radical (unpaired) electrons. The van der Waals surface area contributed by atoms with Gasteiger partial charge >= 0.3 is 0 Å². The molecule has 0 aromatic rings. The van der Waals surface area contributed by atoms with Crippen LogP contribution >= 0.6 is 0 Å². The summed E-state index contributed by atoms with van der Waals surface area (Å²) in [7, 11) is 0. The van der Waals surface area contributed by atoms with Gasteiger partial charge in [0.05, 0.1) is 0 Å². The summed E-state index contributed by atoms with van der Waals surface area (Å²) in [6.45, 7) is 6.11. The minimum Gasteiger partial charge on any atom is -0.311 e. The Morgan fingerprint density at radius 1 is 1.17 bits per heavy atom. The summed E-state index contributed by atoms with van der Waals surface area (Å²) in [5, 5.41) is 3.75. The summed E-state index contributed by atoms with van der Waals surface area (Å²) in [5.74, 6) is 1.85. The highest BCUT2D eigenvalue weighted by atomic mass is 15.0. The van der Waals surface area contributed by atoms with Gasteiger partial charge in [-0.05, 0) is 51.0 Å². The van der Waals surface area contributed by atoms with Crippen LogP contribution in [0.5, 0.6) is 0 Å². The topological polar surface area (TPSA) is 12.0 Å². The van der Waals surface area contributed by atoms with Crippen molar-refractivity contribution in [2.45, 2.75) is 51.5 Å². The fourth-order valence-corrected chi connectivity index (χ4v) is 3.14. The third-order valence-corrected chi connectivity index (χ3v) is 4.30. The van der Waals surface area contributed by atoms with Crippen LogP contribution in [0, 0.1) is 11.8 Å². The van der Waals surface area contributed by atoms with Crippen molar-refractivity contribution in [1.29, 1.82) is 0 Å². The second kappa shape index (κ2) is 3.02. The van der Waals surface area contributed by atoms with Crippen molar-refractivity contribution in [1.82, 2.24) is 5.32 Å². The van der Waals surface area contributed by atoms with Gasteiger partial charge in [0.15, 0.2) is 0 Å². The summed E-state index contributed by atoms with van der Waals surface area (Å²) in [5.41, 5.74) is 0.483. The van der Waals surface area contributed by atoms with Crippen LogP contribution in [-0.2, 0) is 0 Å². The molecule has 2 aliphatic rings. The maximum absolute atomic E-state index is 3.75. The molecule has 1 saturated carbocycles. The van der Waals surface area contributed by atoms with E-state index >= 15 is 0 Å². The molecular formula is C11H21N. The van der Waals surface area contributed by atoms with Crippen LogP contribution in [0.3, 0.4) is 0 Å². The fourth-order valence-electron chi connectivity index (χ4n) is 3.14. The van der Waals surface area contributed by atoms with Gasteiger partial charge in [-0.1, -0.05) is 13.3 Å². The van der Waals surface area contributed by atoms with Crippen LogP contribution in [-0.4, -0.2) is 12.1 Å². The molecule has 0 amide bonds. The van der Waals surface area contributed by atoms with Gasteiger partial charge in [0.1, 0.15) is 0 Å². The van der Waals surface area contributed by atoms with Crippen LogP contribution in [0.25, 0.3) is 0 Å². The van der Waals surface area contributed by atoms with Crippen molar-refractivity contribution in [3.05, 3.63) is 0 Å². The van der Waals surface area contributed by atoms with Crippen molar-refractivity contribution in [2.24, 2.45) is 11.8 Å². The molecule has 12 heavy (non-hydrogen) atoms. The maximum Gasteiger partial charge on any atom is 0.0207 e. The van der Waals surface area contributed by atoms with E-state index in [0.29, 0.717) is 5.54 Å². The third kappa shape index (κ3) is 1.19. The second-order valence-electron chi connectivity index (χ2n) is 4.88. The zero-order valence-electron chi connectivity index (χ0n) is 8.40. The molecule has 1 aliphatic heterocycles. The average Bonchev–Trinajstić information content (AvgIpc) is 2.07. The van der Waals surface area contributed by atoms with Gasteiger partial charge in [0.25, 0.3) is 0 Å². The second-order valence-corrected chi connectivity index (χ2v) is 4.88. The van der Waals surface area contributed by atoms with Crippen molar-refractivity contribution in [2.75, 3.05) is 6.54 Å². The monoisotopic (exact) mass is 167 g/mol. The minimum absolute atomic E-state index is 0.483. The highest BCUT2D eigenvalue weighted by Gasteiger charge is 2.42. The molecule has 1 saturated heterocycles. The first-order chi connectivity index (χ1) is 5.73. The maximum atomic E-state index is 3.75. The predicted octanol–water partition coefficient (Wildman–Crippen LogP) is 2.56. The fraction of sp³-hybridized carbons (Fsp3) is 1.00. The van der Waals surface area contributed by atoms with Crippen LogP contribution in [0.2, 0.25) is 0 Å². The molecule has 2 rings (SSSR count). The van der Waals surface area contributed by atoms with Gasteiger partial charge in [0, 0.05) is 5.54 Å². The first-order valence-corrected chi connectivity index (χ1v) is 5.48. The summed E-state index contributed by atoms with van der Waals surface area (Å²) in [6.07, 6.45) is 7.22. The van der Waals surface area contributed by atoms with Gasteiger partial charge in [0.2, 0.25) is 0 Å². The van der Waals surface area contributed by atoms with E-state index < -0.39 is 0 Å². The Kier molecular flexibility index (Phi) is 2.16. The Morgan fingerprint density at radius 2 is 1.92 bits per heavy atom. The number of rotatable bonds is 0. The highest BCUT2D eigenvalue weighted by Crippen LogP contribution is 2.42. The number of fused-ring (bicyclic) bond motifs is 1. The molecule has 1 heterocycles. The van der Waals surface area contributed by atoms with Crippen molar-refractivity contribution in [3.8, 4) is 0 Å². The largest absolute Gasteiger partial charge is 0.311 e. The summed E-state index contributed by atoms with van der Waals surface area (Å²) in [6, 6.07) is 0. The quantitative estimate of drug-likeness (QED) is 0.584. The van der Waals surface area contributed by atoms with Crippen molar-refractivity contribution < 1.29 is 0 Å². The normalized spacial score (nSPS) is 48.5. The lowest BCUT2D eigenvalue weighted by Crippen LogP contribution is -2.58. The van der Waals surface area contributed by atoms with Crippen LogP contribution in [0.1, 0.15) is 46.0 Å². The molecule has 70 valence electrons. The standard InChI is InChI=1S/C11H21N/c1-9-5-3-6-10-7-4-8-12-11(9,10)2/h9-10,12H,3-8H2,1-2H3. The molecule has 0 spiro atoms. The zero-order valence-corrected chi connectivity index (χ0v) is 8.40. The van der Waals surface area contributed by atoms with E-state index in [0.717, 1.165) is 11.8 Å². The van der Waals surface area contributed by atoms with E-state index in [-0.39, 0.29) is 0 Å². The summed E-state index contributed by atoms with van der Waals surface area (Å²) < 4.78 is 0. The molecule has 3 atom stereocenters. The van der Waals surface area contributed by atoms with E-state index in [1.807, 2.05) is 0 Å². The predicted molar refractivity (Wildman–Crippen MR) is 52.1 cm³/mol. The Morgan fingerprint density at radius 3 is 2.67 bits per heavy atom. The van der Waals surface area contributed by atoms with E-state index in [9.17, 15) is 0 Å². The molecule has 0 aromatic heterocycles. The molecule has 3 unspecified atom stereocenters. The molecule has 2 fully saturated rings. The first kappa shape index (κ1) is 8.55. The SMILES string of the molecule is CC1CCCC2CCCNC12C. The van der Waals surface area contributed by atoms with Gasteiger partial charge in [-0.25, -0.2) is 0 Å². The van der Waals surface area contributed by atoms with Crippen LogP contribution < -0.4 is 5.32 Å². The molecule has 0 aromatic carbocycles. The van der Waals surface area contributed by atoms with Gasteiger partial charge in [-0.3, -0.25) is 0 Å². The van der Waals surface area contributed by atoms with Gasteiger partial charge < -0.3 is 5.32 Å². The van der Waals surface area contributed by atoms with Crippen LogP contribution in [0.4, 0.5) is 0 Å². The third-order valence-electron chi connectivity index (χ3n) is 4.30. The zero-order chi connectivity index (χ0) is 8.60. The smallest absolute Gasteiger partial charge is 0.0207 e. The number of hydrogen-bond acceptors (Lipinski definition) is 1. The Balaban J connectivity index is 2.14. The van der Waals surface area contributed by atoms with E-state index in [2.05, 4.69) is 19.2 Å². The molecule has 1 nitrogen and oxygen atoms in total. The highest BCUT2D eigenvalue weighted by molar-refractivity contribution is 4.99. The average molecular weight is 167 g/mol. The Bertz CT molecular complexity index is 164. The van der Waals surface area contributed by atoms with Crippen LogP contribution in [0.15, 0.2) is 0 Å². The molecule has 0 bridgehead atoms. The summed E-state index contributed by atoms with van der Waals surface area (Å²) in [4.78, 5) is 0. The van der Waals surface area contributed by atoms with E-state index in [1.54, 1.807) is 0 Å². The summed E-state index contributed by atoms with van der Waals surface area (Å²) >= 11 is 0. The van der Waals surface area contributed by atoms with Gasteiger partial charge in [-0.15, -0.1) is 0 Å². The van der Waals surface area contributed by atoms with Crippen molar-refractivity contribution in [3.63, 3.8) is 0 Å².